The first-order valence-electron chi connectivity index (χ1n) is 7.82. The fourth-order valence-electron chi connectivity index (χ4n) is 2.50. The van der Waals surface area contributed by atoms with E-state index in [4.69, 9.17) is 16.3 Å². The van der Waals surface area contributed by atoms with Gasteiger partial charge in [0, 0.05) is 11.8 Å². The van der Waals surface area contributed by atoms with Crippen LogP contribution >= 0.6 is 11.6 Å². The van der Waals surface area contributed by atoms with E-state index in [1.165, 1.54) is 6.20 Å². The van der Waals surface area contributed by atoms with Gasteiger partial charge in [-0.2, -0.15) is 4.98 Å². The van der Waals surface area contributed by atoms with Crippen molar-refractivity contribution in [2.75, 3.05) is 18.5 Å². The second-order valence-electron chi connectivity index (χ2n) is 5.20. The van der Waals surface area contributed by atoms with Crippen LogP contribution in [0, 0.1) is 0 Å². The number of nitrogens with one attached hydrogen (secondary N) is 1. The second kappa shape index (κ2) is 8.26. The van der Waals surface area contributed by atoms with E-state index in [1.807, 2.05) is 42.6 Å². The third-order valence-electron chi connectivity index (χ3n) is 3.57. The van der Waals surface area contributed by atoms with E-state index in [9.17, 15) is 0 Å². The van der Waals surface area contributed by atoms with Crippen molar-refractivity contribution >= 4 is 36.4 Å². The number of aliphatic imine (C=N–C) groups is 2. The topological polar surface area (TPSA) is 76.2 Å². The Hall–Kier alpha value is -3.19. The summed E-state index contributed by atoms with van der Waals surface area (Å²) in [6, 6.07) is 12.0. The molecule has 132 valence electrons. The zero-order valence-corrected chi connectivity index (χ0v) is 14.7. The summed E-state index contributed by atoms with van der Waals surface area (Å²) < 4.78 is 7.15. The van der Waals surface area contributed by atoms with Gasteiger partial charge in [-0.15, -0.1) is 5.10 Å². The monoisotopic (exact) mass is 368 g/mol. The first kappa shape index (κ1) is 17.6. The van der Waals surface area contributed by atoms with Gasteiger partial charge in [0.25, 0.3) is 0 Å². The van der Waals surface area contributed by atoms with Gasteiger partial charge in [-0.3, -0.25) is 4.99 Å². The lowest BCUT2D eigenvalue weighted by Crippen LogP contribution is -2.12. The summed E-state index contributed by atoms with van der Waals surface area (Å²) >= 11 is 6.04. The van der Waals surface area contributed by atoms with E-state index in [1.54, 1.807) is 4.52 Å². The van der Waals surface area contributed by atoms with Crippen LogP contribution in [0.4, 0.5) is 5.82 Å². The van der Waals surface area contributed by atoms with Crippen LogP contribution in [0.1, 0.15) is 0 Å². The van der Waals surface area contributed by atoms with Crippen LogP contribution in [-0.2, 0) is 4.74 Å². The zero-order valence-electron chi connectivity index (χ0n) is 14.0. The number of rotatable bonds is 8. The van der Waals surface area contributed by atoms with Crippen LogP contribution in [0.5, 0.6) is 0 Å². The highest BCUT2D eigenvalue weighted by Gasteiger charge is 2.13. The van der Waals surface area contributed by atoms with Crippen LogP contribution in [0.3, 0.4) is 0 Å². The Bertz CT molecular complexity index is 951. The summed E-state index contributed by atoms with van der Waals surface area (Å²) in [6.45, 7) is 7.59. The number of aromatic nitrogens is 3. The minimum absolute atomic E-state index is 0.153. The molecule has 0 aliphatic rings. The molecule has 0 spiro atoms. The van der Waals surface area contributed by atoms with Crippen molar-refractivity contribution in [3.63, 3.8) is 0 Å². The second-order valence-corrected chi connectivity index (χ2v) is 5.54. The highest BCUT2D eigenvalue weighted by molar-refractivity contribution is 6.28. The van der Waals surface area contributed by atoms with Crippen LogP contribution in [0.15, 0.2) is 64.7 Å². The van der Waals surface area contributed by atoms with Gasteiger partial charge in [-0.05, 0) is 36.7 Å². The molecule has 0 aliphatic carbocycles. The minimum atomic E-state index is 0.153. The molecule has 1 aromatic carbocycles. The number of nitrogens with zero attached hydrogens (tertiary/aromatic N) is 5. The maximum atomic E-state index is 6.04. The molecule has 0 fully saturated rings. The third kappa shape index (κ3) is 3.89. The van der Waals surface area contributed by atoms with Gasteiger partial charge in [0.1, 0.15) is 12.1 Å². The molecule has 0 atom stereocenters. The Balaban J connectivity index is 1.83. The van der Waals surface area contributed by atoms with Gasteiger partial charge in [0.2, 0.25) is 11.2 Å². The Morgan fingerprint density at radius 1 is 1.27 bits per heavy atom. The zero-order chi connectivity index (χ0) is 18.4. The van der Waals surface area contributed by atoms with Crippen molar-refractivity contribution in [3.05, 3.63) is 60.0 Å². The smallest absolute Gasteiger partial charge is 0.243 e. The maximum Gasteiger partial charge on any atom is 0.243 e. The first-order chi connectivity index (χ1) is 12.7. The largest absolute Gasteiger partial charge is 0.475 e. The van der Waals surface area contributed by atoms with E-state index in [-0.39, 0.29) is 5.28 Å². The predicted octanol–water partition coefficient (Wildman–Crippen LogP) is 3.68. The van der Waals surface area contributed by atoms with E-state index in [2.05, 4.69) is 38.8 Å². The van der Waals surface area contributed by atoms with Gasteiger partial charge in [-0.1, -0.05) is 30.3 Å². The lowest BCUT2D eigenvalue weighted by atomic mass is 10.1. The molecule has 0 saturated carbocycles. The van der Waals surface area contributed by atoms with E-state index < -0.39 is 0 Å². The Kier molecular flexibility index (Phi) is 5.60. The lowest BCUT2D eigenvalue weighted by Gasteiger charge is -2.10. The summed E-state index contributed by atoms with van der Waals surface area (Å²) in [4.78, 5) is 11.6. The quantitative estimate of drug-likeness (QED) is 0.374. The van der Waals surface area contributed by atoms with Crippen LogP contribution < -0.4 is 5.32 Å². The highest BCUT2D eigenvalue weighted by atomic mass is 35.5. The molecule has 1 N–H and O–H groups in total. The first-order valence-corrected chi connectivity index (χ1v) is 8.20. The van der Waals surface area contributed by atoms with Crippen molar-refractivity contribution in [2.45, 2.75) is 0 Å². The van der Waals surface area contributed by atoms with Crippen LogP contribution in [0.2, 0.25) is 5.28 Å². The molecule has 26 heavy (non-hydrogen) atoms. The van der Waals surface area contributed by atoms with E-state index >= 15 is 0 Å². The molecule has 2 heterocycles. The Labute approximate surface area is 155 Å². The SMILES string of the molecule is C=N/C=C(\N=C)OCCNc1nc(Cl)nn2ccc(-c3ccccc3)c12. The molecule has 8 heteroatoms. The van der Waals surface area contributed by atoms with Crippen molar-refractivity contribution in [1.82, 2.24) is 14.6 Å². The average molecular weight is 369 g/mol. The Morgan fingerprint density at radius 2 is 2.08 bits per heavy atom. The number of ether oxygens (including phenoxy) is 1. The minimum Gasteiger partial charge on any atom is -0.475 e. The summed E-state index contributed by atoms with van der Waals surface area (Å²) in [6.07, 6.45) is 3.25. The normalized spacial score (nSPS) is 11.3. The molecule has 0 bridgehead atoms. The molecule has 7 nitrogen and oxygen atoms in total. The Morgan fingerprint density at radius 3 is 2.81 bits per heavy atom. The molecule has 0 saturated heterocycles. The van der Waals surface area contributed by atoms with Crippen molar-refractivity contribution in [2.24, 2.45) is 9.98 Å². The average Bonchev–Trinajstić information content (AvgIpc) is 3.08. The summed E-state index contributed by atoms with van der Waals surface area (Å²) in [7, 11) is 0. The van der Waals surface area contributed by atoms with Crippen LogP contribution in [0.25, 0.3) is 16.6 Å². The van der Waals surface area contributed by atoms with Gasteiger partial charge < -0.3 is 10.1 Å². The molecular weight excluding hydrogens is 352 g/mol. The number of benzene rings is 1. The molecule has 0 aliphatic heterocycles. The van der Waals surface area contributed by atoms with Gasteiger partial charge in [-0.25, -0.2) is 9.51 Å². The number of anilines is 1. The van der Waals surface area contributed by atoms with Crippen molar-refractivity contribution in [3.8, 4) is 11.1 Å². The van der Waals surface area contributed by atoms with E-state index in [0.29, 0.717) is 24.9 Å². The standard InChI is InChI=1S/C18H17ClN6O/c1-20-12-15(21-2)26-11-9-22-17-16-14(13-6-4-3-5-7-13)8-10-25(16)24-18(19)23-17/h3-8,10,12H,1-2,9,11H2,(H,22,23,24)/b15-12+. The van der Waals surface area contributed by atoms with E-state index in [0.717, 1.165) is 16.6 Å². The van der Waals surface area contributed by atoms with Gasteiger partial charge in [0.05, 0.1) is 12.7 Å². The molecule has 3 aromatic rings. The molecule has 2 aromatic heterocycles. The fourth-order valence-corrected chi connectivity index (χ4v) is 2.66. The van der Waals surface area contributed by atoms with Crippen molar-refractivity contribution in [1.29, 1.82) is 0 Å². The lowest BCUT2D eigenvalue weighted by molar-refractivity contribution is 0.222. The molecule has 0 unspecified atom stereocenters. The highest BCUT2D eigenvalue weighted by Crippen LogP contribution is 2.29. The maximum absolute atomic E-state index is 6.04. The summed E-state index contributed by atoms with van der Waals surface area (Å²) in [5, 5.41) is 7.61. The number of hydrogen-bond donors (Lipinski definition) is 1. The molecule has 0 amide bonds. The fraction of sp³-hybridized carbons (Fsp3) is 0.111. The van der Waals surface area contributed by atoms with Crippen LogP contribution in [-0.4, -0.2) is 41.2 Å². The third-order valence-corrected chi connectivity index (χ3v) is 3.73. The number of hydrogen-bond acceptors (Lipinski definition) is 6. The summed E-state index contributed by atoms with van der Waals surface area (Å²) in [5.41, 5.74) is 2.92. The summed E-state index contributed by atoms with van der Waals surface area (Å²) in [5.74, 6) is 0.928. The van der Waals surface area contributed by atoms with Gasteiger partial charge >= 0.3 is 0 Å². The van der Waals surface area contributed by atoms with Crippen molar-refractivity contribution < 1.29 is 4.74 Å². The van der Waals surface area contributed by atoms with Gasteiger partial charge in [0.15, 0.2) is 5.82 Å². The number of halogens is 1. The molecule has 3 rings (SSSR count). The molecular formula is C18H17ClN6O. The molecule has 0 radical (unpaired) electrons. The predicted molar refractivity (Wildman–Crippen MR) is 105 cm³/mol. The number of fused-ring (bicyclic) bond motifs is 1.